The van der Waals surface area contributed by atoms with Crippen LogP contribution in [0.3, 0.4) is 0 Å². The zero-order valence-electron chi connectivity index (χ0n) is 14.4. The number of Topliss-reactive ketones (excluding diaryl/α,β-unsaturated/α-hetero) is 1. The zero-order valence-corrected chi connectivity index (χ0v) is 16.1. The molecule has 5 nitrogen and oxygen atoms in total. The summed E-state index contributed by atoms with van der Waals surface area (Å²) >= 11 is 2.81. The fourth-order valence-corrected chi connectivity index (χ4v) is 3.98. The molecule has 2 heterocycles. The lowest BCUT2D eigenvalue weighted by molar-refractivity contribution is -0.116. The number of thiophene rings is 1. The maximum Gasteiger partial charge on any atom is 0.226 e. The summed E-state index contributed by atoms with van der Waals surface area (Å²) in [7, 11) is 1.62. The predicted octanol–water partition coefficient (Wildman–Crippen LogP) is 4.79. The van der Waals surface area contributed by atoms with E-state index in [-0.39, 0.29) is 24.5 Å². The number of anilines is 1. The van der Waals surface area contributed by atoms with Crippen molar-refractivity contribution in [1.82, 2.24) is 4.98 Å². The van der Waals surface area contributed by atoms with E-state index >= 15 is 0 Å². The molecule has 2 aromatic heterocycles. The lowest BCUT2D eigenvalue weighted by Gasteiger charge is -2.02. The first-order chi connectivity index (χ1) is 12.6. The highest BCUT2D eigenvalue weighted by molar-refractivity contribution is 7.16. The van der Waals surface area contributed by atoms with Gasteiger partial charge in [-0.3, -0.25) is 9.59 Å². The van der Waals surface area contributed by atoms with E-state index in [1.807, 2.05) is 42.6 Å². The van der Waals surface area contributed by atoms with Crippen molar-refractivity contribution in [3.8, 4) is 17.0 Å². The molecule has 1 amide bonds. The van der Waals surface area contributed by atoms with Crippen molar-refractivity contribution < 1.29 is 14.3 Å². The topological polar surface area (TPSA) is 68.3 Å². The quantitative estimate of drug-likeness (QED) is 0.593. The van der Waals surface area contributed by atoms with Gasteiger partial charge < -0.3 is 10.1 Å². The zero-order chi connectivity index (χ0) is 18.5. The van der Waals surface area contributed by atoms with Gasteiger partial charge in [-0.2, -0.15) is 0 Å². The Morgan fingerprint density at radius 3 is 2.58 bits per heavy atom. The summed E-state index contributed by atoms with van der Waals surface area (Å²) in [5, 5.41) is 5.19. The minimum Gasteiger partial charge on any atom is -0.497 e. The third-order valence-electron chi connectivity index (χ3n) is 3.78. The van der Waals surface area contributed by atoms with Crippen LogP contribution in [-0.2, 0) is 4.79 Å². The van der Waals surface area contributed by atoms with Crippen LogP contribution in [0.25, 0.3) is 11.3 Å². The second-order valence-corrected chi connectivity index (χ2v) is 7.75. The number of ether oxygens (including phenoxy) is 1. The van der Waals surface area contributed by atoms with Gasteiger partial charge in [-0.1, -0.05) is 6.07 Å². The summed E-state index contributed by atoms with van der Waals surface area (Å²) < 4.78 is 5.16. The fourth-order valence-electron chi connectivity index (χ4n) is 2.44. The number of ketones is 1. The highest BCUT2D eigenvalue weighted by Crippen LogP contribution is 2.31. The Bertz CT molecular complexity index is 900. The van der Waals surface area contributed by atoms with Gasteiger partial charge >= 0.3 is 0 Å². The van der Waals surface area contributed by atoms with E-state index in [4.69, 9.17) is 4.74 Å². The number of rotatable bonds is 7. The minimum absolute atomic E-state index is 0.00982. The Morgan fingerprint density at radius 1 is 1.15 bits per heavy atom. The second kappa shape index (κ2) is 8.25. The van der Waals surface area contributed by atoms with E-state index < -0.39 is 0 Å². The van der Waals surface area contributed by atoms with Gasteiger partial charge in [0, 0.05) is 23.3 Å². The first kappa shape index (κ1) is 18.3. The van der Waals surface area contributed by atoms with E-state index in [1.54, 1.807) is 13.2 Å². The number of nitrogens with zero attached hydrogens (tertiary/aromatic N) is 1. The van der Waals surface area contributed by atoms with Crippen LogP contribution in [0.1, 0.15) is 27.4 Å². The molecule has 0 saturated carbocycles. The monoisotopic (exact) mass is 386 g/mol. The molecule has 0 saturated heterocycles. The largest absolute Gasteiger partial charge is 0.497 e. The predicted molar refractivity (Wildman–Crippen MR) is 105 cm³/mol. The summed E-state index contributed by atoms with van der Waals surface area (Å²) in [5.74, 6) is 0.569. The van der Waals surface area contributed by atoms with Crippen LogP contribution in [0.4, 0.5) is 5.13 Å². The standard InChI is InChI=1S/C19H18N2O3S2/c1-12-18(13-5-7-14(24-2)8-6-13)21-19(26-12)20-17(23)10-9-15(22)16-4-3-11-25-16/h3-8,11H,9-10H2,1-2H3,(H,20,21,23). The molecule has 0 bridgehead atoms. The van der Waals surface area contributed by atoms with Crippen LogP contribution in [-0.4, -0.2) is 23.8 Å². The number of carbonyl (C=O) groups is 2. The van der Waals surface area contributed by atoms with Crippen molar-refractivity contribution in [2.75, 3.05) is 12.4 Å². The number of hydrogen-bond donors (Lipinski definition) is 1. The van der Waals surface area contributed by atoms with Gasteiger partial charge in [-0.05, 0) is 42.6 Å². The van der Waals surface area contributed by atoms with Gasteiger partial charge in [-0.15, -0.1) is 22.7 Å². The van der Waals surface area contributed by atoms with Crippen LogP contribution in [0.2, 0.25) is 0 Å². The molecule has 7 heteroatoms. The average Bonchev–Trinajstić information content (AvgIpc) is 3.30. The Morgan fingerprint density at radius 2 is 1.92 bits per heavy atom. The number of nitrogens with one attached hydrogen (secondary N) is 1. The van der Waals surface area contributed by atoms with E-state index in [1.165, 1.54) is 22.7 Å². The lowest BCUT2D eigenvalue weighted by atomic mass is 10.1. The van der Waals surface area contributed by atoms with E-state index in [9.17, 15) is 9.59 Å². The van der Waals surface area contributed by atoms with E-state index in [2.05, 4.69) is 10.3 Å². The lowest BCUT2D eigenvalue weighted by Crippen LogP contribution is -2.13. The Balaban J connectivity index is 1.61. The van der Waals surface area contributed by atoms with Gasteiger partial charge in [0.1, 0.15) is 5.75 Å². The first-order valence-electron chi connectivity index (χ1n) is 8.05. The molecule has 26 heavy (non-hydrogen) atoms. The number of carbonyl (C=O) groups excluding carboxylic acids is 2. The van der Waals surface area contributed by atoms with E-state index in [0.717, 1.165) is 21.9 Å². The van der Waals surface area contributed by atoms with E-state index in [0.29, 0.717) is 10.0 Å². The average molecular weight is 386 g/mol. The van der Waals surface area contributed by atoms with Crippen molar-refractivity contribution in [1.29, 1.82) is 0 Å². The molecule has 0 fully saturated rings. The molecule has 0 aliphatic heterocycles. The number of benzene rings is 1. The minimum atomic E-state index is -0.204. The molecule has 3 rings (SSSR count). The van der Waals surface area contributed by atoms with Crippen LogP contribution >= 0.6 is 22.7 Å². The highest BCUT2D eigenvalue weighted by Gasteiger charge is 2.14. The molecule has 3 aromatic rings. The molecule has 0 aliphatic carbocycles. The number of amides is 1. The molecule has 0 radical (unpaired) electrons. The highest BCUT2D eigenvalue weighted by atomic mass is 32.1. The van der Waals surface area contributed by atoms with Crippen molar-refractivity contribution in [3.63, 3.8) is 0 Å². The number of hydrogen-bond acceptors (Lipinski definition) is 6. The van der Waals surface area contributed by atoms with Gasteiger partial charge in [0.25, 0.3) is 0 Å². The SMILES string of the molecule is COc1ccc(-c2nc(NC(=O)CCC(=O)c3cccs3)sc2C)cc1. The maximum atomic E-state index is 12.1. The van der Waals surface area contributed by atoms with Crippen LogP contribution < -0.4 is 10.1 Å². The molecular weight excluding hydrogens is 368 g/mol. The molecule has 1 N–H and O–H groups in total. The summed E-state index contributed by atoms with van der Waals surface area (Å²) in [6, 6.07) is 11.2. The number of aromatic nitrogens is 1. The molecule has 1 aromatic carbocycles. The van der Waals surface area contributed by atoms with Crippen molar-refractivity contribution >= 4 is 39.5 Å². The van der Waals surface area contributed by atoms with Crippen LogP contribution in [0.5, 0.6) is 5.75 Å². The number of methoxy groups -OCH3 is 1. The van der Waals surface area contributed by atoms with Gasteiger partial charge in [0.05, 0.1) is 17.7 Å². The molecule has 134 valence electrons. The smallest absolute Gasteiger partial charge is 0.226 e. The van der Waals surface area contributed by atoms with Gasteiger partial charge in [-0.25, -0.2) is 4.98 Å². The Hall–Kier alpha value is -2.51. The summed E-state index contributed by atoms with van der Waals surface area (Å²) in [4.78, 5) is 30.3. The number of aryl methyl sites for hydroxylation is 1. The Labute approximate surface area is 159 Å². The van der Waals surface area contributed by atoms with Gasteiger partial charge in [0.15, 0.2) is 10.9 Å². The van der Waals surface area contributed by atoms with Crippen molar-refractivity contribution in [3.05, 3.63) is 51.5 Å². The van der Waals surface area contributed by atoms with Crippen LogP contribution in [0.15, 0.2) is 41.8 Å². The van der Waals surface area contributed by atoms with Gasteiger partial charge in [0.2, 0.25) is 5.91 Å². The second-order valence-electron chi connectivity index (χ2n) is 5.60. The summed E-state index contributed by atoms with van der Waals surface area (Å²) in [6.45, 7) is 1.97. The molecule has 0 unspecified atom stereocenters. The third kappa shape index (κ3) is 4.36. The first-order valence-corrected chi connectivity index (χ1v) is 9.75. The summed E-state index contributed by atoms with van der Waals surface area (Å²) in [5.41, 5.74) is 1.80. The molecular formula is C19H18N2O3S2. The Kier molecular flexibility index (Phi) is 5.80. The molecule has 0 aliphatic rings. The third-order valence-corrected chi connectivity index (χ3v) is 5.58. The number of thiazole rings is 1. The molecule has 0 atom stereocenters. The van der Waals surface area contributed by atoms with Crippen molar-refractivity contribution in [2.24, 2.45) is 0 Å². The fraction of sp³-hybridized carbons (Fsp3) is 0.211. The maximum absolute atomic E-state index is 12.1. The van der Waals surface area contributed by atoms with Crippen molar-refractivity contribution in [2.45, 2.75) is 19.8 Å². The molecule has 0 spiro atoms. The van der Waals surface area contributed by atoms with Crippen LogP contribution in [0, 0.1) is 6.92 Å². The summed E-state index contributed by atoms with van der Waals surface area (Å²) in [6.07, 6.45) is 0.343. The normalized spacial score (nSPS) is 10.5.